The lowest BCUT2D eigenvalue weighted by molar-refractivity contribution is -0.119. The largest absolute Gasteiger partial charge is 0.350 e. The van der Waals surface area contributed by atoms with E-state index in [0.29, 0.717) is 28.9 Å². The third-order valence-corrected chi connectivity index (χ3v) is 6.91. The van der Waals surface area contributed by atoms with Crippen LogP contribution in [-0.2, 0) is 4.79 Å². The van der Waals surface area contributed by atoms with Gasteiger partial charge in [0.15, 0.2) is 0 Å². The van der Waals surface area contributed by atoms with Crippen LogP contribution in [0.15, 0.2) is 48.4 Å². The van der Waals surface area contributed by atoms with Crippen molar-refractivity contribution in [3.63, 3.8) is 0 Å². The van der Waals surface area contributed by atoms with Crippen LogP contribution in [0.5, 0.6) is 0 Å². The van der Waals surface area contributed by atoms with Gasteiger partial charge < -0.3 is 25.8 Å². The minimum absolute atomic E-state index is 0.0544. The maximum Gasteiger partial charge on any atom is 0.256 e. The van der Waals surface area contributed by atoms with E-state index < -0.39 is 5.54 Å². The summed E-state index contributed by atoms with van der Waals surface area (Å²) in [5.41, 5.74) is 3.98. The molecule has 0 bridgehead atoms. The second-order valence-corrected chi connectivity index (χ2v) is 11.8. The maximum absolute atomic E-state index is 13.0. The molecule has 0 atom stereocenters. The summed E-state index contributed by atoms with van der Waals surface area (Å²) in [6, 6.07) is 6.33. The predicted octanol–water partition coefficient (Wildman–Crippen LogP) is 5.56. The Bertz CT molecular complexity index is 1240. The van der Waals surface area contributed by atoms with Gasteiger partial charge in [0.1, 0.15) is 11.4 Å². The number of hydrogen-bond acceptors (Lipinski definition) is 7. The van der Waals surface area contributed by atoms with Gasteiger partial charge in [-0.25, -0.2) is 4.98 Å². The van der Waals surface area contributed by atoms with Gasteiger partial charge in [-0.05, 0) is 117 Å². The van der Waals surface area contributed by atoms with E-state index in [4.69, 9.17) is 0 Å². The molecule has 1 aliphatic rings. The van der Waals surface area contributed by atoms with Gasteiger partial charge in [0.25, 0.3) is 5.91 Å². The number of allylic oxidation sites excluding steroid dienone is 2. The summed E-state index contributed by atoms with van der Waals surface area (Å²) in [6.07, 6.45) is 10.0. The minimum Gasteiger partial charge on any atom is -0.350 e. The van der Waals surface area contributed by atoms with Crippen molar-refractivity contribution in [2.45, 2.75) is 78.8 Å². The highest BCUT2D eigenvalue weighted by Crippen LogP contribution is 2.31. The molecule has 1 saturated heterocycles. The lowest BCUT2D eigenvalue weighted by Crippen LogP contribution is -2.36. The SMILES string of the molecule is C/C=C\C(=C/N(C=O)C(C)(C)C)Nc1nc(Nc2ccc(C3CCN(C)CC3)c(C)c2)ncc1C(=O)NC(C)C. The topological polar surface area (TPSA) is 102 Å². The minimum atomic E-state index is -0.427. The Balaban J connectivity index is 1.93. The summed E-state index contributed by atoms with van der Waals surface area (Å²) in [7, 11) is 2.18. The molecule has 0 saturated carbocycles. The zero-order chi connectivity index (χ0) is 29.4. The maximum atomic E-state index is 13.0. The lowest BCUT2D eigenvalue weighted by Gasteiger charge is -2.30. The molecule has 9 nitrogen and oxygen atoms in total. The van der Waals surface area contributed by atoms with Crippen molar-refractivity contribution in [3.05, 3.63) is 65.1 Å². The molecular formula is C31H45N7O2. The number of hydrogen-bond donors (Lipinski definition) is 3. The Morgan fingerprint density at radius 3 is 2.48 bits per heavy atom. The van der Waals surface area contributed by atoms with Crippen molar-refractivity contribution < 1.29 is 9.59 Å². The molecule has 3 rings (SSSR count). The number of amides is 2. The number of benzene rings is 1. The first-order valence-electron chi connectivity index (χ1n) is 14.0. The van der Waals surface area contributed by atoms with Crippen LogP contribution in [0.3, 0.4) is 0 Å². The number of aryl methyl sites for hydroxylation is 1. The van der Waals surface area contributed by atoms with Gasteiger partial charge in [0, 0.05) is 29.7 Å². The van der Waals surface area contributed by atoms with Crippen LogP contribution in [0.4, 0.5) is 17.5 Å². The normalized spacial score (nSPS) is 15.4. The molecule has 2 aromatic rings. The van der Waals surface area contributed by atoms with Gasteiger partial charge in [0.05, 0.1) is 5.70 Å². The van der Waals surface area contributed by atoms with Crippen LogP contribution in [0, 0.1) is 6.92 Å². The average molecular weight is 548 g/mol. The number of carbonyl (C=O) groups excluding carboxylic acids is 2. The Kier molecular flexibility index (Phi) is 10.5. The molecule has 1 aromatic carbocycles. The Labute approximate surface area is 239 Å². The van der Waals surface area contributed by atoms with E-state index >= 15 is 0 Å². The zero-order valence-electron chi connectivity index (χ0n) is 25.2. The summed E-state index contributed by atoms with van der Waals surface area (Å²) >= 11 is 0. The van der Waals surface area contributed by atoms with Crippen molar-refractivity contribution in [3.8, 4) is 0 Å². The Hall–Kier alpha value is -3.72. The van der Waals surface area contributed by atoms with Crippen LogP contribution < -0.4 is 16.0 Å². The molecule has 9 heteroatoms. The lowest BCUT2D eigenvalue weighted by atomic mass is 9.87. The summed E-state index contributed by atoms with van der Waals surface area (Å²) < 4.78 is 0. The Morgan fingerprint density at radius 2 is 1.90 bits per heavy atom. The van der Waals surface area contributed by atoms with Crippen LogP contribution in [0.2, 0.25) is 0 Å². The standard InChI is InChI=1S/C31H45N7O2/c1-9-10-25(19-38(20-39)31(5,6)7)34-28-27(29(40)33-21(2)3)18-32-30(36-28)35-24-11-12-26(22(4)17-24)23-13-15-37(8)16-14-23/h9-12,17-21,23H,13-16H2,1-8H3,(H,33,40)(H2,32,34,35,36)/b10-9-,25-19+. The molecule has 1 aromatic heterocycles. The third-order valence-electron chi connectivity index (χ3n) is 6.91. The number of anilines is 3. The van der Waals surface area contributed by atoms with Gasteiger partial charge in [-0.2, -0.15) is 4.98 Å². The highest BCUT2D eigenvalue weighted by atomic mass is 16.2. The van der Waals surface area contributed by atoms with Gasteiger partial charge in [-0.1, -0.05) is 12.1 Å². The van der Waals surface area contributed by atoms with Crippen LogP contribution >= 0.6 is 0 Å². The first kappa shape index (κ1) is 30.8. The number of aromatic nitrogens is 2. The molecule has 0 unspecified atom stereocenters. The number of piperidine rings is 1. The second kappa shape index (κ2) is 13.6. The molecule has 2 amide bonds. The van der Waals surface area contributed by atoms with E-state index in [0.717, 1.165) is 25.2 Å². The third kappa shape index (κ3) is 8.39. The molecule has 2 heterocycles. The van der Waals surface area contributed by atoms with Crippen molar-refractivity contribution >= 4 is 29.8 Å². The molecule has 0 spiro atoms. The highest BCUT2D eigenvalue weighted by molar-refractivity contribution is 5.99. The predicted molar refractivity (Wildman–Crippen MR) is 163 cm³/mol. The molecule has 0 aliphatic carbocycles. The highest BCUT2D eigenvalue weighted by Gasteiger charge is 2.22. The molecule has 1 aliphatic heterocycles. The number of likely N-dealkylation sites (tertiary alicyclic amines) is 1. The molecule has 0 radical (unpaired) electrons. The van der Waals surface area contributed by atoms with E-state index in [9.17, 15) is 9.59 Å². The van der Waals surface area contributed by atoms with Crippen molar-refractivity contribution in [1.82, 2.24) is 25.1 Å². The second-order valence-electron chi connectivity index (χ2n) is 11.8. The molecule has 216 valence electrons. The average Bonchev–Trinajstić information content (AvgIpc) is 2.87. The van der Waals surface area contributed by atoms with Crippen LogP contribution in [-0.4, -0.2) is 63.8 Å². The fraction of sp³-hybridized carbons (Fsp3) is 0.484. The summed E-state index contributed by atoms with van der Waals surface area (Å²) in [5, 5.41) is 9.47. The smallest absolute Gasteiger partial charge is 0.256 e. The van der Waals surface area contributed by atoms with Gasteiger partial charge in [0.2, 0.25) is 12.4 Å². The van der Waals surface area contributed by atoms with E-state index in [-0.39, 0.29) is 11.9 Å². The Morgan fingerprint density at radius 1 is 1.20 bits per heavy atom. The summed E-state index contributed by atoms with van der Waals surface area (Å²) in [6.45, 7) is 15.9. The number of nitrogens with zero attached hydrogens (tertiary/aromatic N) is 4. The van der Waals surface area contributed by atoms with Gasteiger partial charge >= 0.3 is 0 Å². The van der Waals surface area contributed by atoms with E-state index in [1.807, 2.05) is 53.7 Å². The molecule has 3 N–H and O–H groups in total. The monoisotopic (exact) mass is 547 g/mol. The number of rotatable bonds is 10. The summed E-state index contributed by atoms with van der Waals surface area (Å²) in [5.74, 6) is 0.981. The first-order chi connectivity index (χ1) is 18.9. The van der Waals surface area contributed by atoms with Crippen molar-refractivity contribution in [2.24, 2.45) is 0 Å². The van der Waals surface area contributed by atoms with E-state index in [1.54, 1.807) is 11.1 Å². The van der Waals surface area contributed by atoms with Crippen LogP contribution in [0.1, 0.15) is 81.8 Å². The fourth-order valence-corrected chi connectivity index (χ4v) is 4.67. The van der Waals surface area contributed by atoms with E-state index in [1.165, 1.54) is 30.2 Å². The number of carbonyl (C=O) groups is 2. The zero-order valence-corrected chi connectivity index (χ0v) is 25.2. The first-order valence-corrected chi connectivity index (χ1v) is 14.0. The molecular weight excluding hydrogens is 502 g/mol. The van der Waals surface area contributed by atoms with Crippen LogP contribution in [0.25, 0.3) is 0 Å². The van der Waals surface area contributed by atoms with Gasteiger partial charge in [-0.3, -0.25) is 9.59 Å². The van der Waals surface area contributed by atoms with Crippen molar-refractivity contribution in [2.75, 3.05) is 30.8 Å². The molecule has 40 heavy (non-hydrogen) atoms. The van der Waals surface area contributed by atoms with Crippen molar-refractivity contribution in [1.29, 1.82) is 0 Å². The van der Waals surface area contributed by atoms with Gasteiger partial charge in [-0.15, -0.1) is 0 Å². The summed E-state index contributed by atoms with van der Waals surface area (Å²) in [4.78, 5) is 37.9. The fourth-order valence-electron chi connectivity index (χ4n) is 4.67. The van der Waals surface area contributed by atoms with E-state index in [2.05, 4.69) is 63.0 Å². The number of nitrogens with one attached hydrogen (secondary N) is 3. The quantitative estimate of drug-likeness (QED) is 0.264. The molecule has 1 fully saturated rings.